The van der Waals surface area contributed by atoms with E-state index >= 15 is 0 Å². The van der Waals surface area contributed by atoms with Crippen molar-refractivity contribution in [2.24, 2.45) is 0 Å². The summed E-state index contributed by atoms with van der Waals surface area (Å²) in [6.07, 6.45) is 10.0. The van der Waals surface area contributed by atoms with Crippen molar-refractivity contribution >= 4 is 11.4 Å². The van der Waals surface area contributed by atoms with Crippen LogP contribution in [0.1, 0.15) is 63.5 Å². The molecule has 1 heteroatoms. The van der Waals surface area contributed by atoms with Crippen LogP contribution >= 0.6 is 0 Å². The molecule has 0 aliphatic heterocycles. The van der Waals surface area contributed by atoms with Gasteiger partial charge in [-0.1, -0.05) is 75.9 Å². The number of rotatable bonds is 10. The minimum Gasteiger partial charge on any atom is -0.355 e. The Kier molecular flexibility index (Phi) is 7.72. The van der Waals surface area contributed by atoms with Gasteiger partial charge in [0, 0.05) is 11.4 Å². The number of hydrogen-bond acceptors (Lipinski definition) is 1. The summed E-state index contributed by atoms with van der Waals surface area (Å²) in [5.74, 6) is 0. The van der Waals surface area contributed by atoms with Crippen molar-refractivity contribution in [1.29, 1.82) is 0 Å². The molecule has 0 saturated carbocycles. The molecular formula is C22H31N. The van der Waals surface area contributed by atoms with E-state index in [1.54, 1.807) is 0 Å². The van der Waals surface area contributed by atoms with E-state index in [9.17, 15) is 0 Å². The molecule has 0 unspecified atom stereocenters. The van der Waals surface area contributed by atoms with Gasteiger partial charge in [-0.05, 0) is 48.9 Å². The zero-order valence-corrected chi connectivity index (χ0v) is 14.8. The van der Waals surface area contributed by atoms with Gasteiger partial charge in [-0.15, -0.1) is 0 Å². The molecule has 1 nitrogen and oxygen atoms in total. The topological polar surface area (TPSA) is 12.0 Å². The van der Waals surface area contributed by atoms with E-state index in [-0.39, 0.29) is 0 Å². The van der Waals surface area contributed by atoms with Gasteiger partial charge < -0.3 is 5.32 Å². The summed E-state index contributed by atoms with van der Waals surface area (Å²) < 4.78 is 0. The monoisotopic (exact) mass is 309 g/mol. The molecule has 2 aromatic carbocycles. The molecule has 0 aliphatic carbocycles. The first-order chi connectivity index (χ1) is 11.3. The quantitative estimate of drug-likeness (QED) is 0.471. The van der Waals surface area contributed by atoms with Crippen LogP contribution in [0.5, 0.6) is 0 Å². The lowest BCUT2D eigenvalue weighted by Gasteiger charge is -2.15. The van der Waals surface area contributed by atoms with Crippen molar-refractivity contribution in [1.82, 2.24) is 0 Å². The van der Waals surface area contributed by atoms with E-state index in [1.807, 2.05) is 0 Å². The van der Waals surface area contributed by atoms with Gasteiger partial charge in [-0.25, -0.2) is 0 Å². The van der Waals surface area contributed by atoms with Gasteiger partial charge in [0.2, 0.25) is 0 Å². The zero-order chi connectivity index (χ0) is 16.3. The van der Waals surface area contributed by atoms with Gasteiger partial charge in [-0.2, -0.15) is 0 Å². The summed E-state index contributed by atoms with van der Waals surface area (Å²) in [6.45, 7) is 4.52. The molecule has 2 rings (SSSR count). The van der Waals surface area contributed by atoms with Crippen LogP contribution < -0.4 is 5.32 Å². The first-order valence-electron chi connectivity index (χ1n) is 9.28. The van der Waals surface area contributed by atoms with Crippen molar-refractivity contribution in [2.45, 2.75) is 65.2 Å². The van der Waals surface area contributed by atoms with E-state index in [0.717, 1.165) is 12.8 Å². The van der Waals surface area contributed by atoms with Crippen LogP contribution in [-0.4, -0.2) is 0 Å². The molecule has 0 radical (unpaired) electrons. The predicted octanol–water partition coefficient (Wildman–Crippen LogP) is 6.90. The Hall–Kier alpha value is -1.76. The third-order valence-corrected chi connectivity index (χ3v) is 4.40. The number of unbranched alkanes of at least 4 members (excludes halogenated alkanes) is 4. The summed E-state index contributed by atoms with van der Waals surface area (Å²) >= 11 is 0. The van der Waals surface area contributed by atoms with Crippen LogP contribution in [0, 0.1) is 0 Å². The predicted molar refractivity (Wildman–Crippen MR) is 103 cm³/mol. The maximum absolute atomic E-state index is 3.69. The largest absolute Gasteiger partial charge is 0.355 e. The van der Waals surface area contributed by atoms with E-state index in [1.165, 1.54) is 61.0 Å². The van der Waals surface area contributed by atoms with E-state index < -0.39 is 0 Å². The summed E-state index contributed by atoms with van der Waals surface area (Å²) in [6, 6.07) is 17.5. The minimum absolute atomic E-state index is 1.16. The first-order valence-corrected chi connectivity index (χ1v) is 9.28. The SMILES string of the molecule is CCCCCc1ccccc1Nc1ccccc1CCCCC. The van der Waals surface area contributed by atoms with Crippen LogP contribution in [0.25, 0.3) is 0 Å². The fourth-order valence-electron chi connectivity index (χ4n) is 3.00. The highest BCUT2D eigenvalue weighted by Gasteiger charge is 2.05. The fourth-order valence-corrected chi connectivity index (χ4v) is 3.00. The van der Waals surface area contributed by atoms with Gasteiger partial charge in [0.05, 0.1) is 0 Å². The molecule has 0 amide bonds. The van der Waals surface area contributed by atoms with Gasteiger partial charge >= 0.3 is 0 Å². The Labute approximate surface area is 142 Å². The Morgan fingerprint density at radius 2 is 1.04 bits per heavy atom. The summed E-state index contributed by atoms with van der Waals surface area (Å²) in [5, 5.41) is 3.69. The number of anilines is 2. The van der Waals surface area contributed by atoms with E-state index in [4.69, 9.17) is 0 Å². The molecule has 0 aliphatic rings. The molecule has 124 valence electrons. The molecule has 0 saturated heterocycles. The van der Waals surface area contributed by atoms with Crippen molar-refractivity contribution in [3.8, 4) is 0 Å². The lowest BCUT2D eigenvalue weighted by Crippen LogP contribution is -2.00. The number of para-hydroxylation sites is 2. The highest BCUT2D eigenvalue weighted by Crippen LogP contribution is 2.26. The average Bonchev–Trinajstić information content (AvgIpc) is 2.58. The Bertz CT molecular complexity index is 522. The maximum atomic E-state index is 3.69. The van der Waals surface area contributed by atoms with Gasteiger partial charge in [0.15, 0.2) is 0 Å². The van der Waals surface area contributed by atoms with Gasteiger partial charge in [0.1, 0.15) is 0 Å². The molecule has 2 aromatic rings. The van der Waals surface area contributed by atoms with Crippen molar-refractivity contribution in [2.75, 3.05) is 5.32 Å². The Balaban J connectivity index is 2.09. The second-order valence-corrected chi connectivity index (χ2v) is 6.35. The second kappa shape index (κ2) is 10.1. The average molecular weight is 309 g/mol. The van der Waals surface area contributed by atoms with Crippen LogP contribution in [0.3, 0.4) is 0 Å². The van der Waals surface area contributed by atoms with Crippen LogP contribution in [-0.2, 0) is 12.8 Å². The molecule has 1 N–H and O–H groups in total. The molecule has 0 spiro atoms. The van der Waals surface area contributed by atoms with Crippen molar-refractivity contribution in [3.63, 3.8) is 0 Å². The number of benzene rings is 2. The molecule has 0 bridgehead atoms. The van der Waals surface area contributed by atoms with Gasteiger partial charge in [0.25, 0.3) is 0 Å². The molecule has 0 fully saturated rings. The summed E-state index contributed by atoms with van der Waals surface area (Å²) in [7, 11) is 0. The normalized spacial score (nSPS) is 10.7. The zero-order valence-electron chi connectivity index (χ0n) is 14.8. The van der Waals surface area contributed by atoms with E-state index in [0.29, 0.717) is 0 Å². The standard InChI is InChI=1S/C22H31N/c1-3-5-7-13-19-15-9-11-17-21(19)23-22-18-12-10-16-20(22)14-8-6-4-2/h9-12,15-18,23H,3-8,13-14H2,1-2H3. The summed E-state index contributed by atoms with van der Waals surface area (Å²) in [4.78, 5) is 0. The highest BCUT2D eigenvalue weighted by molar-refractivity contribution is 5.66. The minimum atomic E-state index is 1.16. The van der Waals surface area contributed by atoms with E-state index in [2.05, 4.69) is 67.7 Å². The number of hydrogen-bond donors (Lipinski definition) is 1. The maximum Gasteiger partial charge on any atom is 0.0416 e. The van der Waals surface area contributed by atoms with Gasteiger partial charge in [-0.3, -0.25) is 0 Å². The van der Waals surface area contributed by atoms with Crippen LogP contribution in [0.4, 0.5) is 11.4 Å². The Morgan fingerprint density at radius 3 is 1.48 bits per heavy atom. The molecule has 0 aromatic heterocycles. The Morgan fingerprint density at radius 1 is 0.609 bits per heavy atom. The third kappa shape index (κ3) is 5.74. The fraction of sp³-hybridized carbons (Fsp3) is 0.455. The lowest BCUT2D eigenvalue weighted by atomic mass is 10.0. The van der Waals surface area contributed by atoms with Crippen molar-refractivity contribution < 1.29 is 0 Å². The summed E-state index contributed by atoms with van der Waals surface area (Å²) in [5.41, 5.74) is 5.41. The second-order valence-electron chi connectivity index (χ2n) is 6.35. The van der Waals surface area contributed by atoms with Crippen LogP contribution in [0.2, 0.25) is 0 Å². The smallest absolute Gasteiger partial charge is 0.0416 e. The lowest BCUT2D eigenvalue weighted by molar-refractivity contribution is 0.717. The number of aryl methyl sites for hydroxylation is 2. The first kappa shape index (κ1) is 17.6. The molecule has 0 heterocycles. The molecular weight excluding hydrogens is 278 g/mol. The number of nitrogens with one attached hydrogen (secondary N) is 1. The van der Waals surface area contributed by atoms with Crippen molar-refractivity contribution in [3.05, 3.63) is 59.7 Å². The third-order valence-electron chi connectivity index (χ3n) is 4.40. The highest BCUT2D eigenvalue weighted by atomic mass is 14.9. The molecule has 23 heavy (non-hydrogen) atoms. The molecule has 0 atom stereocenters. The van der Waals surface area contributed by atoms with Crippen LogP contribution in [0.15, 0.2) is 48.5 Å².